The number of nitrogen functional groups attached to an aromatic ring is 1. The van der Waals surface area contributed by atoms with Crippen molar-refractivity contribution in [1.29, 1.82) is 0 Å². The summed E-state index contributed by atoms with van der Waals surface area (Å²) in [5.41, 5.74) is 3.07. The van der Waals surface area contributed by atoms with Crippen LogP contribution < -0.4 is 17.0 Å². The van der Waals surface area contributed by atoms with Crippen LogP contribution in [0.1, 0.15) is 29.4 Å². The molecule has 0 atom stereocenters. The molecule has 0 fully saturated rings. The molecular formula is C13H17N5O2. The fourth-order valence-corrected chi connectivity index (χ4v) is 1.90. The molecule has 2 aromatic rings. The topological polar surface area (TPSA) is 94.9 Å². The van der Waals surface area contributed by atoms with Crippen LogP contribution in [0.3, 0.4) is 0 Å². The maximum atomic E-state index is 12.0. The second-order valence-electron chi connectivity index (χ2n) is 4.41. The van der Waals surface area contributed by atoms with Crippen LogP contribution in [0, 0.1) is 0 Å². The van der Waals surface area contributed by atoms with E-state index in [0.29, 0.717) is 24.3 Å². The average molecular weight is 275 g/mol. The number of nitrogens with zero attached hydrogens (tertiary/aromatic N) is 3. The van der Waals surface area contributed by atoms with Crippen molar-refractivity contribution in [2.24, 2.45) is 5.84 Å². The fraction of sp³-hybridized carbons (Fsp3) is 0.308. The van der Waals surface area contributed by atoms with Gasteiger partial charge in [-0.3, -0.25) is 24.3 Å². The molecule has 2 rings (SSSR count). The number of hydrogen-bond acceptors (Lipinski definition) is 4. The number of nitrogens with two attached hydrogens (primary N) is 1. The van der Waals surface area contributed by atoms with Crippen LogP contribution in [0.25, 0.3) is 0 Å². The molecule has 0 radical (unpaired) electrons. The summed E-state index contributed by atoms with van der Waals surface area (Å²) in [6, 6.07) is 3.33. The monoisotopic (exact) mass is 275 g/mol. The van der Waals surface area contributed by atoms with Gasteiger partial charge in [-0.05, 0) is 18.6 Å². The van der Waals surface area contributed by atoms with Crippen molar-refractivity contribution in [3.05, 3.63) is 52.5 Å². The molecule has 0 spiro atoms. The number of pyridine rings is 1. The largest absolute Gasteiger partial charge is 0.328 e. The van der Waals surface area contributed by atoms with Crippen LogP contribution in [0.2, 0.25) is 0 Å². The summed E-state index contributed by atoms with van der Waals surface area (Å²) in [6.45, 7) is 3.10. The van der Waals surface area contributed by atoms with Crippen molar-refractivity contribution >= 4 is 5.91 Å². The van der Waals surface area contributed by atoms with Crippen molar-refractivity contribution in [1.82, 2.24) is 19.5 Å². The van der Waals surface area contributed by atoms with Gasteiger partial charge in [-0.1, -0.05) is 6.92 Å². The van der Waals surface area contributed by atoms with Gasteiger partial charge in [0.25, 0.3) is 5.91 Å². The van der Waals surface area contributed by atoms with Gasteiger partial charge in [0.15, 0.2) is 0 Å². The zero-order valence-corrected chi connectivity index (χ0v) is 11.2. The summed E-state index contributed by atoms with van der Waals surface area (Å²) in [5, 5.41) is 0. The van der Waals surface area contributed by atoms with Gasteiger partial charge < -0.3 is 0 Å². The van der Waals surface area contributed by atoms with E-state index < -0.39 is 5.91 Å². The van der Waals surface area contributed by atoms with Crippen molar-refractivity contribution < 1.29 is 4.79 Å². The number of amides is 1. The summed E-state index contributed by atoms with van der Waals surface area (Å²) >= 11 is 0. The van der Waals surface area contributed by atoms with Crippen LogP contribution in [0.4, 0.5) is 0 Å². The first kappa shape index (κ1) is 14.0. The molecule has 0 saturated carbocycles. The first-order chi connectivity index (χ1) is 9.65. The first-order valence-corrected chi connectivity index (χ1v) is 6.37. The summed E-state index contributed by atoms with van der Waals surface area (Å²) in [5.74, 6) is 4.65. The quantitative estimate of drug-likeness (QED) is 0.460. The van der Waals surface area contributed by atoms with Crippen LogP contribution in [-0.2, 0) is 13.1 Å². The molecule has 0 aliphatic heterocycles. The minimum Gasteiger partial charge on any atom is -0.299 e. The van der Waals surface area contributed by atoms with Crippen molar-refractivity contribution in [3.8, 4) is 0 Å². The Morgan fingerprint density at radius 1 is 1.35 bits per heavy atom. The minimum absolute atomic E-state index is 0.0579. The van der Waals surface area contributed by atoms with Crippen molar-refractivity contribution in [2.75, 3.05) is 0 Å². The maximum absolute atomic E-state index is 12.0. The van der Waals surface area contributed by atoms with E-state index in [1.54, 1.807) is 33.7 Å². The van der Waals surface area contributed by atoms with E-state index in [4.69, 9.17) is 5.84 Å². The third-order valence-electron chi connectivity index (χ3n) is 2.93. The number of carbonyl (C=O) groups is 1. The Labute approximate surface area is 116 Å². The zero-order chi connectivity index (χ0) is 14.5. The molecule has 2 heterocycles. The highest BCUT2D eigenvalue weighted by Gasteiger charge is 2.06. The molecular weight excluding hydrogens is 258 g/mol. The highest BCUT2D eigenvalue weighted by molar-refractivity contribution is 5.93. The lowest BCUT2D eigenvalue weighted by atomic mass is 10.2. The highest BCUT2D eigenvalue weighted by atomic mass is 16.2. The van der Waals surface area contributed by atoms with Crippen molar-refractivity contribution in [3.63, 3.8) is 0 Å². The van der Waals surface area contributed by atoms with E-state index >= 15 is 0 Å². The molecule has 0 unspecified atom stereocenters. The van der Waals surface area contributed by atoms with E-state index in [1.807, 2.05) is 12.3 Å². The van der Waals surface area contributed by atoms with E-state index in [1.165, 1.54) is 6.20 Å². The van der Waals surface area contributed by atoms with Crippen LogP contribution in [0.15, 0.2) is 35.5 Å². The lowest BCUT2D eigenvalue weighted by molar-refractivity contribution is 0.0953. The normalized spacial score (nSPS) is 10.5. The third-order valence-corrected chi connectivity index (χ3v) is 2.93. The first-order valence-electron chi connectivity index (χ1n) is 6.37. The number of carbonyl (C=O) groups excluding carboxylic acids is 1. The number of hydrazine groups is 1. The number of nitrogens with one attached hydrogen (secondary N) is 1. The molecule has 1 amide bonds. The number of imidazole rings is 1. The number of aryl methyl sites for hydroxylation is 1. The van der Waals surface area contributed by atoms with Crippen LogP contribution >= 0.6 is 0 Å². The SMILES string of the molecule is CCCn1ccn(Cc2ccc(C(=O)NN)cn2)c1=O. The van der Waals surface area contributed by atoms with E-state index in [2.05, 4.69) is 4.98 Å². The van der Waals surface area contributed by atoms with Gasteiger partial charge in [0.1, 0.15) is 0 Å². The highest BCUT2D eigenvalue weighted by Crippen LogP contribution is 2.02. The predicted molar refractivity (Wildman–Crippen MR) is 74.0 cm³/mol. The predicted octanol–water partition coefficient (Wildman–Crippen LogP) is 0.107. The number of aromatic nitrogens is 3. The molecule has 3 N–H and O–H groups in total. The fourth-order valence-electron chi connectivity index (χ4n) is 1.90. The van der Waals surface area contributed by atoms with E-state index in [-0.39, 0.29) is 5.69 Å². The molecule has 7 nitrogen and oxygen atoms in total. The third kappa shape index (κ3) is 2.94. The molecule has 2 aromatic heterocycles. The Hall–Kier alpha value is -2.41. The van der Waals surface area contributed by atoms with Crippen LogP contribution in [0.5, 0.6) is 0 Å². The van der Waals surface area contributed by atoms with Gasteiger partial charge in [0.05, 0.1) is 17.8 Å². The smallest absolute Gasteiger partial charge is 0.299 e. The Morgan fingerprint density at radius 2 is 2.10 bits per heavy atom. The second-order valence-corrected chi connectivity index (χ2v) is 4.41. The summed E-state index contributed by atoms with van der Waals surface area (Å²) < 4.78 is 3.25. The maximum Gasteiger partial charge on any atom is 0.328 e. The molecule has 7 heteroatoms. The average Bonchev–Trinajstić information content (AvgIpc) is 2.81. The second kappa shape index (κ2) is 6.16. The Kier molecular flexibility index (Phi) is 4.31. The van der Waals surface area contributed by atoms with Gasteiger partial charge in [0, 0.05) is 25.1 Å². The molecule has 0 saturated heterocycles. The molecule has 20 heavy (non-hydrogen) atoms. The lowest BCUT2D eigenvalue weighted by Crippen LogP contribution is -2.30. The standard InChI is InChI=1S/C13H17N5O2/c1-2-5-17-6-7-18(13(17)20)9-11-4-3-10(8-15-11)12(19)16-14/h3-4,6-8H,2,5,9,14H2,1H3,(H,16,19). The summed E-state index contributed by atoms with van der Waals surface area (Å²) in [6.07, 6.45) is 5.85. The van der Waals surface area contributed by atoms with Gasteiger partial charge in [-0.2, -0.15) is 0 Å². The minimum atomic E-state index is -0.393. The molecule has 0 aliphatic carbocycles. The van der Waals surface area contributed by atoms with Gasteiger partial charge in [-0.15, -0.1) is 0 Å². The summed E-state index contributed by atoms with van der Waals surface area (Å²) in [7, 11) is 0. The number of rotatable bonds is 5. The van der Waals surface area contributed by atoms with Gasteiger partial charge >= 0.3 is 5.69 Å². The van der Waals surface area contributed by atoms with Crippen LogP contribution in [-0.4, -0.2) is 20.0 Å². The Morgan fingerprint density at radius 3 is 2.70 bits per heavy atom. The van der Waals surface area contributed by atoms with E-state index in [0.717, 1.165) is 6.42 Å². The van der Waals surface area contributed by atoms with E-state index in [9.17, 15) is 9.59 Å². The Balaban J connectivity index is 2.14. The van der Waals surface area contributed by atoms with Gasteiger partial charge in [-0.25, -0.2) is 10.6 Å². The lowest BCUT2D eigenvalue weighted by Gasteiger charge is -2.03. The molecule has 0 aromatic carbocycles. The van der Waals surface area contributed by atoms with Crippen molar-refractivity contribution in [2.45, 2.75) is 26.4 Å². The zero-order valence-electron chi connectivity index (χ0n) is 11.2. The molecule has 0 bridgehead atoms. The molecule has 0 aliphatic rings. The number of hydrogen-bond donors (Lipinski definition) is 2. The Bertz CT molecular complexity index is 642. The molecule has 106 valence electrons. The van der Waals surface area contributed by atoms with Gasteiger partial charge in [0.2, 0.25) is 0 Å². The summed E-state index contributed by atoms with van der Waals surface area (Å²) in [4.78, 5) is 27.4.